The molecule has 2 aliphatic carbocycles. The quantitative estimate of drug-likeness (QED) is 0.480. The molecule has 1 spiro atoms. The summed E-state index contributed by atoms with van der Waals surface area (Å²) in [5, 5.41) is 10.1. The maximum Gasteiger partial charge on any atom is 0.0708 e. The molecule has 18 heavy (non-hydrogen) atoms. The molecule has 0 heterocycles. The van der Waals surface area contributed by atoms with Gasteiger partial charge in [-0.3, -0.25) is 0 Å². The average Bonchev–Trinajstić information content (AvgIpc) is 2.35. The van der Waals surface area contributed by atoms with Crippen LogP contribution in [0.1, 0.15) is 33.1 Å². The molecule has 2 rings (SSSR count). The van der Waals surface area contributed by atoms with E-state index in [0.29, 0.717) is 6.42 Å². The Bertz CT molecular complexity index is 422. The van der Waals surface area contributed by atoms with Gasteiger partial charge in [0.05, 0.1) is 6.10 Å². The molecule has 2 aliphatic rings. The highest BCUT2D eigenvalue weighted by Gasteiger charge is 2.54. The topological polar surface area (TPSA) is 20.2 Å². The molecular weight excluding hydrogens is 356 g/mol. The van der Waals surface area contributed by atoms with Crippen molar-refractivity contribution >= 4 is 31.9 Å². The Morgan fingerprint density at radius 3 is 2.67 bits per heavy atom. The summed E-state index contributed by atoms with van der Waals surface area (Å²) < 4.78 is 0. The molecule has 0 radical (unpaired) electrons. The number of halogens is 2. The Labute approximate surface area is 126 Å². The van der Waals surface area contributed by atoms with Crippen LogP contribution in [0.15, 0.2) is 34.9 Å². The normalized spacial score (nSPS) is 41.6. The van der Waals surface area contributed by atoms with Crippen LogP contribution in [0.3, 0.4) is 0 Å². The van der Waals surface area contributed by atoms with Crippen molar-refractivity contribution in [3.63, 3.8) is 0 Å². The number of alkyl halides is 1. The Balaban J connectivity index is 2.45. The first-order valence-corrected chi connectivity index (χ1v) is 8.17. The molecule has 1 unspecified atom stereocenters. The van der Waals surface area contributed by atoms with E-state index in [2.05, 4.69) is 64.4 Å². The lowest BCUT2D eigenvalue weighted by molar-refractivity contribution is 0.0288. The van der Waals surface area contributed by atoms with Crippen molar-refractivity contribution < 1.29 is 5.11 Å². The highest BCUT2D eigenvalue weighted by molar-refractivity contribution is 9.11. The van der Waals surface area contributed by atoms with Crippen LogP contribution in [-0.2, 0) is 0 Å². The van der Waals surface area contributed by atoms with Crippen LogP contribution >= 0.6 is 31.9 Å². The van der Waals surface area contributed by atoms with E-state index in [9.17, 15) is 5.11 Å². The molecule has 0 aromatic heterocycles. The second-order valence-electron chi connectivity index (χ2n) is 5.99. The van der Waals surface area contributed by atoms with Crippen LogP contribution in [0.4, 0.5) is 0 Å². The van der Waals surface area contributed by atoms with Crippen LogP contribution in [-0.4, -0.2) is 16.0 Å². The third kappa shape index (κ3) is 1.99. The second-order valence-corrected chi connectivity index (χ2v) is 7.43. The van der Waals surface area contributed by atoms with Crippen molar-refractivity contribution in [1.82, 2.24) is 0 Å². The van der Waals surface area contributed by atoms with Gasteiger partial charge in [0, 0.05) is 10.2 Å². The molecule has 3 atom stereocenters. The van der Waals surface area contributed by atoms with Gasteiger partial charge in [-0.05, 0) is 35.2 Å². The molecule has 0 aromatic rings. The zero-order valence-electron chi connectivity index (χ0n) is 10.9. The van der Waals surface area contributed by atoms with Gasteiger partial charge in [0.15, 0.2) is 0 Å². The van der Waals surface area contributed by atoms with Gasteiger partial charge in [0.1, 0.15) is 0 Å². The lowest BCUT2D eigenvalue weighted by atomic mass is 9.52. The molecule has 1 fully saturated rings. The number of rotatable bonds is 0. The van der Waals surface area contributed by atoms with Gasteiger partial charge < -0.3 is 5.11 Å². The lowest BCUT2D eigenvalue weighted by Crippen LogP contribution is -2.53. The van der Waals surface area contributed by atoms with Crippen molar-refractivity contribution in [3.8, 4) is 0 Å². The van der Waals surface area contributed by atoms with E-state index in [-0.39, 0.29) is 21.8 Å². The van der Waals surface area contributed by atoms with Gasteiger partial charge in [-0.15, -0.1) is 0 Å². The van der Waals surface area contributed by atoms with Crippen LogP contribution < -0.4 is 0 Å². The number of aliphatic hydroxyl groups is 1. The predicted molar refractivity (Wildman–Crippen MR) is 84.1 cm³/mol. The summed E-state index contributed by atoms with van der Waals surface area (Å²) in [7, 11) is 0. The molecule has 0 saturated heterocycles. The van der Waals surface area contributed by atoms with Crippen LogP contribution in [0, 0.1) is 10.8 Å². The van der Waals surface area contributed by atoms with E-state index in [1.807, 2.05) is 4.99 Å². The molecular formula is C15H20Br2O. The molecule has 1 N–H and O–H groups in total. The molecule has 100 valence electrons. The van der Waals surface area contributed by atoms with E-state index < -0.39 is 0 Å². The van der Waals surface area contributed by atoms with E-state index in [0.717, 1.165) is 12.8 Å². The monoisotopic (exact) mass is 374 g/mol. The van der Waals surface area contributed by atoms with Gasteiger partial charge in [-0.1, -0.05) is 70.0 Å². The first-order valence-electron chi connectivity index (χ1n) is 6.34. The first-order chi connectivity index (χ1) is 8.35. The Hall–Kier alpha value is 0.140. The van der Waals surface area contributed by atoms with Crippen molar-refractivity contribution in [2.45, 2.75) is 44.0 Å². The van der Waals surface area contributed by atoms with E-state index in [4.69, 9.17) is 0 Å². The smallest absolute Gasteiger partial charge is 0.0708 e. The lowest BCUT2D eigenvalue weighted by Gasteiger charge is -2.55. The predicted octanol–water partition coefficient (Wildman–Crippen LogP) is 4.71. The third-order valence-corrected chi connectivity index (χ3v) is 7.14. The summed E-state index contributed by atoms with van der Waals surface area (Å²) in [6.07, 6.45) is 6.98. The van der Waals surface area contributed by atoms with Crippen LogP contribution in [0.5, 0.6) is 0 Å². The van der Waals surface area contributed by atoms with Gasteiger partial charge in [0.2, 0.25) is 0 Å². The molecule has 0 amide bonds. The molecule has 0 bridgehead atoms. The Morgan fingerprint density at radius 2 is 2.17 bits per heavy atom. The number of hydrogen-bond donors (Lipinski definition) is 1. The van der Waals surface area contributed by atoms with Gasteiger partial charge in [0.25, 0.3) is 0 Å². The Morgan fingerprint density at radius 1 is 1.50 bits per heavy atom. The minimum absolute atomic E-state index is 0.0000926. The Kier molecular flexibility index (Phi) is 3.97. The third-order valence-electron chi connectivity index (χ3n) is 4.79. The molecule has 3 heteroatoms. The fourth-order valence-electron chi connectivity index (χ4n) is 3.40. The molecule has 1 nitrogen and oxygen atoms in total. The summed E-state index contributed by atoms with van der Waals surface area (Å²) in [6, 6.07) is 0. The standard InChI is InChI=1S/C15H20Br2O/c1-10-8-12(18)13(17)14(2,3)15(10)6-4-11(9-16)5-7-15/h4,6,9,12-13,18H,1,5,7-8H2,2-3H3/b11-9+/t12-,13-,15?/m0/s1. The van der Waals surface area contributed by atoms with Crippen LogP contribution in [0.2, 0.25) is 0 Å². The fourth-order valence-corrected chi connectivity index (χ4v) is 4.38. The zero-order valence-corrected chi connectivity index (χ0v) is 14.1. The molecule has 0 aliphatic heterocycles. The van der Waals surface area contributed by atoms with Crippen molar-refractivity contribution in [1.29, 1.82) is 0 Å². The summed E-state index contributed by atoms with van der Waals surface area (Å²) in [5.74, 6) is 0. The minimum atomic E-state index is -0.334. The van der Waals surface area contributed by atoms with Crippen molar-refractivity contribution in [2.75, 3.05) is 0 Å². The fraction of sp³-hybridized carbons (Fsp3) is 0.600. The van der Waals surface area contributed by atoms with Gasteiger partial charge in [-0.2, -0.15) is 0 Å². The number of aliphatic hydroxyl groups excluding tert-OH is 1. The first kappa shape index (κ1) is 14.5. The van der Waals surface area contributed by atoms with Crippen LogP contribution in [0.25, 0.3) is 0 Å². The summed E-state index contributed by atoms with van der Waals surface area (Å²) in [4.78, 5) is 2.10. The largest absolute Gasteiger partial charge is 0.392 e. The van der Waals surface area contributed by atoms with E-state index in [1.54, 1.807) is 0 Å². The van der Waals surface area contributed by atoms with Gasteiger partial charge in [-0.25, -0.2) is 0 Å². The average molecular weight is 376 g/mol. The SMILES string of the molecule is C=C1C[C@H](O)[C@H](Br)C(C)(C)C12C=C/C(=C\Br)CC2. The molecule has 0 aromatic carbocycles. The van der Waals surface area contributed by atoms with Crippen molar-refractivity contribution in [3.05, 3.63) is 34.9 Å². The highest BCUT2D eigenvalue weighted by Crippen LogP contribution is 2.60. The minimum Gasteiger partial charge on any atom is -0.392 e. The maximum atomic E-state index is 10.1. The second kappa shape index (κ2) is 4.92. The molecule has 1 saturated carbocycles. The summed E-state index contributed by atoms with van der Waals surface area (Å²) in [6.45, 7) is 8.72. The van der Waals surface area contributed by atoms with E-state index >= 15 is 0 Å². The van der Waals surface area contributed by atoms with Crippen molar-refractivity contribution in [2.24, 2.45) is 10.8 Å². The zero-order chi connectivity index (χ0) is 13.6. The summed E-state index contributed by atoms with van der Waals surface area (Å²) in [5.41, 5.74) is 2.46. The maximum absolute atomic E-state index is 10.1. The highest BCUT2D eigenvalue weighted by atomic mass is 79.9. The number of hydrogen-bond acceptors (Lipinski definition) is 1. The summed E-state index contributed by atoms with van der Waals surface area (Å²) >= 11 is 7.10. The van der Waals surface area contributed by atoms with E-state index in [1.165, 1.54) is 11.1 Å². The number of allylic oxidation sites excluding steroid dienone is 3. The van der Waals surface area contributed by atoms with Gasteiger partial charge >= 0.3 is 0 Å².